The van der Waals surface area contributed by atoms with E-state index in [9.17, 15) is 4.21 Å². The van der Waals surface area contributed by atoms with Crippen LogP contribution in [0.25, 0.3) is 0 Å². The van der Waals surface area contributed by atoms with Crippen LogP contribution in [0.15, 0.2) is 0 Å². The van der Waals surface area contributed by atoms with Gasteiger partial charge in [-0.3, -0.25) is 4.21 Å². The van der Waals surface area contributed by atoms with E-state index >= 15 is 0 Å². The van der Waals surface area contributed by atoms with Crippen molar-refractivity contribution in [3.05, 3.63) is 0 Å². The van der Waals surface area contributed by atoms with Gasteiger partial charge in [-0.25, -0.2) is 0 Å². The van der Waals surface area contributed by atoms with Gasteiger partial charge in [0.25, 0.3) is 0 Å². The van der Waals surface area contributed by atoms with Gasteiger partial charge >= 0.3 is 0 Å². The minimum absolute atomic E-state index is 0.509. The van der Waals surface area contributed by atoms with Crippen molar-refractivity contribution in [3.8, 4) is 0 Å². The molecule has 0 bridgehead atoms. The highest BCUT2D eigenvalue weighted by Gasteiger charge is 2.31. The van der Waals surface area contributed by atoms with E-state index in [4.69, 9.17) is 0 Å². The molecule has 14 heavy (non-hydrogen) atoms. The average molecular weight is 215 g/mol. The molecule has 1 N–H and O–H groups in total. The molecule has 82 valence electrons. The summed E-state index contributed by atoms with van der Waals surface area (Å²) in [5, 5.41) is 3.68. The van der Waals surface area contributed by atoms with Crippen molar-refractivity contribution < 1.29 is 4.21 Å². The summed E-state index contributed by atoms with van der Waals surface area (Å²) in [6.07, 6.45) is 6.59. The molecular weight excluding hydrogens is 194 g/mol. The second-order valence-corrected chi connectivity index (χ2v) is 6.24. The zero-order valence-corrected chi connectivity index (χ0v) is 9.81. The molecule has 1 aliphatic carbocycles. The zero-order valence-electron chi connectivity index (χ0n) is 9.00. The molecule has 1 aliphatic heterocycles. The Morgan fingerprint density at radius 3 is 2.64 bits per heavy atom. The van der Waals surface area contributed by atoms with Gasteiger partial charge in [0.2, 0.25) is 0 Å². The molecule has 1 saturated carbocycles. The Balaban J connectivity index is 1.93. The minimum atomic E-state index is -0.559. The van der Waals surface area contributed by atoms with Crippen molar-refractivity contribution >= 4 is 10.8 Å². The topological polar surface area (TPSA) is 29.1 Å². The summed E-state index contributed by atoms with van der Waals surface area (Å²) >= 11 is 0. The lowest BCUT2D eigenvalue weighted by atomic mass is 9.98. The second-order valence-electron chi connectivity index (χ2n) is 4.70. The summed E-state index contributed by atoms with van der Waals surface area (Å²) < 4.78 is 11.7. The van der Waals surface area contributed by atoms with E-state index in [1.165, 1.54) is 25.7 Å². The van der Waals surface area contributed by atoms with Crippen LogP contribution in [0.5, 0.6) is 0 Å². The molecule has 3 unspecified atom stereocenters. The van der Waals surface area contributed by atoms with E-state index in [1.807, 2.05) is 0 Å². The molecule has 2 aliphatic rings. The molecule has 0 amide bonds. The molecule has 0 aromatic heterocycles. The molecule has 0 aromatic carbocycles. The Hall–Kier alpha value is 0.110. The van der Waals surface area contributed by atoms with Gasteiger partial charge in [-0.2, -0.15) is 0 Å². The predicted molar refractivity (Wildman–Crippen MR) is 60.8 cm³/mol. The monoisotopic (exact) mass is 215 g/mol. The van der Waals surface area contributed by atoms with E-state index in [2.05, 4.69) is 12.2 Å². The van der Waals surface area contributed by atoms with Crippen LogP contribution in [0.4, 0.5) is 0 Å². The first-order chi connectivity index (χ1) is 6.79. The summed E-state index contributed by atoms with van der Waals surface area (Å²) in [5.74, 6) is 2.59. The number of hydrogen-bond acceptors (Lipinski definition) is 2. The average Bonchev–Trinajstić information content (AvgIpc) is 2.69. The van der Waals surface area contributed by atoms with Gasteiger partial charge in [0.1, 0.15) is 0 Å². The molecular formula is C11H21NOS. The number of rotatable bonds is 2. The molecule has 2 fully saturated rings. The third kappa shape index (κ3) is 2.37. The van der Waals surface area contributed by atoms with Crippen LogP contribution in [-0.2, 0) is 10.8 Å². The second kappa shape index (κ2) is 4.75. The molecule has 3 atom stereocenters. The van der Waals surface area contributed by atoms with Crippen LogP contribution in [-0.4, -0.2) is 27.8 Å². The first kappa shape index (κ1) is 10.6. The van der Waals surface area contributed by atoms with Gasteiger partial charge in [-0.1, -0.05) is 19.8 Å². The Kier molecular flexibility index (Phi) is 3.61. The third-order valence-electron chi connectivity index (χ3n) is 3.66. The van der Waals surface area contributed by atoms with Crippen LogP contribution in [0, 0.1) is 5.92 Å². The molecule has 0 radical (unpaired) electrons. The lowest BCUT2D eigenvalue weighted by molar-refractivity contribution is 0.340. The molecule has 0 spiro atoms. The summed E-state index contributed by atoms with van der Waals surface area (Å²) in [5.41, 5.74) is 0. The fourth-order valence-corrected chi connectivity index (χ4v) is 4.45. The van der Waals surface area contributed by atoms with Crippen LogP contribution in [0.2, 0.25) is 0 Å². The van der Waals surface area contributed by atoms with Crippen molar-refractivity contribution in [3.63, 3.8) is 0 Å². The van der Waals surface area contributed by atoms with E-state index in [0.717, 1.165) is 23.8 Å². The molecule has 0 aromatic rings. The fourth-order valence-electron chi connectivity index (χ4n) is 2.76. The molecule has 1 heterocycles. The Morgan fingerprint density at radius 1 is 1.29 bits per heavy atom. The van der Waals surface area contributed by atoms with E-state index in [0.29, 0.717) is 12.1 Å². The van der Waals surface area contributed by atoms with Crippen molar-refractivity contribution in [2.75, 3.05) is 11.5 Å². The van der Waals surface area contributed by atoms with Crippen molar-refractivity contribution in [2.24, 2.45) is 5.92 Å². The van der Waals surface area contributed by atoms with Crippen molar-refractivity contribution in [2.45, 2.75) is 51.1 Å². The lowest BCUT2D eigenvalue weighted by Gasteiger charge is -2.33. The summed E-state index contributed by atoms with van der Waals surface area (Å²) in [7, 11) is -0.559. The Labute approximate surface area is 89.3 Å². The highest BCUT2D eigenvalue weighted by Crippen LogP contribution is 2.29. The SMILES string of the molecule is CCC1CS(=O)CC(C2CCCC2)N1. The van der Waals surface area contributed by atoms with Crippen molar-refractivity contribution in [1.29, 1.82) is 0 Å². The fraction of sp³-hybridized carbons (Fsp3) is 1.00. The molecule has 2 rings (SSSR count). The first-order valence-corrected chi connectivity index (χ1v) is 7.39. The molecule has 1 saturated heterocycles. The highest BCUT2D eigenvalue weighted by atomic mass is 32.2. The van der Waals surface area contributed by atoms with Crippen LogP contribution >= 0.6 is 0 Å². The zero-order chi connectivity index (χ0) is 9.97. The first-order valence-electron chi connectivity index (χ1n) is 5.90. The molecule has 2 nitrogen and oxygen atoms in total. The van der Waals surface area contributed by atoms with Gasteiger partial charge in [0.15, 0.2) is 0 Å². The maximum Gasteiger partial charge on any atom is 0.0392 e. The summed E-state index contributed by atoms with van der Waals surface area (Å²) in [4.78, 5) is 0. The van der Waals surface area contributed by atoms with E-state index in [-0.39, 0.29) is 0 Å². The van der Waals surface area contributed by atoms with E-state index < -0.39 is 10.8 Å². The van der Waals surface area contributed by atoms with Crippen LogP contribution < -0.4 is 5.32 Å². The Bertz CT molecular complexity index is 213. The van der Waals surface area contributed by atoms with Crippen molar-refractivity contribution in [1.82, 2.24) is 5.32 Å². The van der Waals surface area contributed by atoms with Gasteiger partial charge in [0.05, 0.1) is 0 Å². The minimum Gasteiger partial charge on any atom is -0.309 e. The number of hydrogen-bond donors (Lipinski definition) is 1. The normalized spacial score (nSPS) is 40.2. The lowest BCUT2D eigenvalue weighted by Crippen LogP contribution is -2.52. The smallest absolute Gasteiger partial charge is 0.0392 e. The van der Waals surface area contributed by atoms with E-state index in [1.54, 1.807) is 0 Å². The summed E-state index contributed by atoms with van der Waals surface area (Å²) in [6.45, 7) is 2.19. The summed E-state index contributed by atoms with van der Waals surface area (Å²) in [6, 6.07) is 1.06. The number of nitrogens with one attached hydrogen (secondary N) is 1. The third-order valence-corrected chi connectivity index (χ3v) is 5.17. The van der Waals surface area contributed by atoms with Crippen LogP contribution in [0.3, 0.4) is 0 Å². The van der Waals surface area contributed by atoms with Gasteiger partial charge < -0.3 is 5.32 Å². The highest BCUT2D eigenvalue weighted by molar-refractivity contribution is 7.85. The predicted octanol–water partition coefficient (Wildman–Crippen LogP) is 1.68. The Morgan fingerprint density at radius 2 is 2.00 bits per heavy atom. The van der Waals surface area contributed by atoms with Gasteiger partial charge in [-0.05, 0) is 25.2 Å². The van der Waals surface area contributed by atoms with Gasteiger partial charge in [-0.15, -0.1) is 0 Å². The maximum absolute atomic E-state index is 11.7. The quantitative estimate of drug-likeness (QED) is 0.759. The maximum atomic E-state index is 11.7. The van der Waals surface area contributed by atoms with Gasteiger partial charge in [0, 0.05) is 34.4 Å². The largest absolute Gasteiger partial charge is 0.309 e. The standard InChI is InChI=1S/C11H21NOS/c1-2-10-7-14(13)8-11(12-10)9-5-3-4-6-9/h9-12H,2-8H2,1H3. The molecule has 3 heteroatoms. The van der Waals surface area contributed by atoms with Crippen LogP contribution in [0.1, 0.15) is 39.0 Å².